The van der Waals surface area contributed by atoms with Gasteiger partial charge in [-0.1, -0.05) is 51.3 Å². The third-order valence-electron chi connectivity index (χ3n) is 5.67. The fourth-order valence-electron chi connectivity index (χ4n) is 3.86. The van der Waals surface area contributed by atoms with Gasteiger partial charge in [0.25, 0.3) is 11.8 Å². The number of hydrogen-bond donors (Lipinski definition) is 0. The molecule has 2 heterocycles. The van der Waals surface area contributed by atoms with Crippen molar-refractivity contribution in [1.82, 2.24) is 0 Å². The Balaban J connectivity index is 1.69. The average Bonchev–Trinajstić information content (AvgIpc) is 3.23. The van der Waals surface area contributed by atoms with Crippen molar-refractivity contribution in [1.29, 1.82) is 0 Å². The summed E-state index contributed by atoms with van der Waals surface area (Å²) < 4.78 is 0.849. The predicted octanol–water partition coefficient (Wildman–Crippen LogP) is 6.22. The number of aliphatic imine (C=N–C) groups is 1. The highest BCUT2D eigenvalue weighted by atomic mass is 79.9. The van der Waals surface area contributed by atoms with Gasteiger partial charge in [0.2, 0.25) is 0 Å². The van der Waals surface area contributed by atoms with Gasteiger partial charge in [0.05, 0.1) is 27.5 Å². The quantitative estimate of drug-likeness (QED) is 0.379. The van der Waals surface area contributed by atoms with E-state index in [4.69, 9.17) is 4.99 Å². The second-order valence-electron chi connectivity index (χ2n) is 8.04. The molecule has 5 rings (SSSR count). The van der Waals surface area contributed by atoms with E-state index in [1.807, 2.05) is 80.6 Å². The number of thioether (sulfide) groups is 1. The summed E-state index contributed by atoms with van der Waals surface area (Å²) in [6, 6.07) is 21.2. The fourth-order valence-corrected chi connectivity index (χ4v) is 5.32. The molecule has 0 saturated carbocycles. The van der Waals surface area contributed by atoms with Crippen molar-refractivity contribution in [3.05, 3.63) is 92.8 Å². The Morgan fingerprint density at radius 2 is 1.48 bits per heavy atom. The summed E-state index contributed by atoms with van der Waals surface area (Å²) in [5.74, 6) is -0.446. The minimum Gasteiger partial charge on any atom is -0.311 e. The minimum absolute atomic E-state index is 0.195. The number of rotatable bonds is 2. The first-order chi connectivity index (χ1) is 15.8. The topological polar surface area (TPSA) is 53.0 Å². The molecule has 5 nitrogen and oxygen atoms in total. The molecule has 3 aromatic rings. The smallest absolute Gasteiger partial charge is 0.272 e. The van der Waals surface area contributed by atoms with Crippen molar-refractivity contribution in [3.8, 4) is 0 Å². The van der Waals surface area contributed by atoms with Crippen molar-refractivity contribution in [2.45, 2.75) is 13.8 Å². The van der Waals surface area contributed by atoms with Crippen LogP contribution in [0.2, 0.25) is 0 Å². The Hall–Kier alpha value is -3.16. The number of anilines is 2. The zero-order valence-electron chi connectivity index (χ0n) is 18.3. The summed E-state index contributed by atoms with van der Waals surface area (Å²) in [5, 5.41) is 0.522. The molecule has 0 spiro atoms. The van der Waals surface area contributed by atoms with Crippen LogP contribution in [0.15, 0.2) is 81.1 Å². The first-order valence-corrected chi connectivity index (χ1v) is 12.0. The van der Waals surface area contributed by atoms with E-state index in [9.17, 15) is 9.59 Å². The monoisotopic (exact) mass is 517 g/mol. The normalized spacial score (nSPS) is 19.1. The highest BCUT2D eigenvalue weighted by molar-refractivity contribution is 9.10. The van der Waals surface area contributed by atoms with E-state index in [1.54, 1.807) is 16.8 Å². The second kappa shape index (κ2) is 8.32. The van der Waals surface area contributed by atoms with Gasteiger partial charge in [-0.3, -0.25) is 14.5 Å². The number of likely N-dealkylation sites (N-methyl/N-ethyl adjacent to an activating group) is 1. The van der Waals surface area contributed by atoms with Gasteiger partial charge in [0.1, 0.15) is 0 Å². The molecule has 3 aromatic carbocycles. The Morgan fingerprint density at radius 3 is 2.15 bits per heavy atom. The zero-order valence-corrected chi connectivity index (χ0v) is 20.7. The molecule has 0 aromatic heterocycles. The van der Waals surface area contributed by atoms with Crippen LogP contribution in [0.3, 0.4) is 0 Å². The molecule has 0 bridgehead atoms. The molecule has 0 aliphatic carbocycles. The van der Waals surface area contributed by atoms with Crippen molar-refractivity contribution in [2.24, 2.45) is 4.99 Å². The van der Waals surface area contributed by atoms with Crippen LogP contribution in [0, 0.1) is 13.8 Å². The van der Waals surface area contributed by atoms with Gasteiger partial charge in [-0.25, -0.2) is 4.99 Å². The number of aryl methyl sites for hydroxylation is 2. The Kier molecular flexibility index (Phi) is 5.46. The Labute approximate surface area is 204 Å². The molecule has 2 aliphatic heterocycles. The van der Waals surface area contributed by atoms with Crippen LogP contribution in [-0.4, -0.2) is 24.0 Å². The molecule has 33 heavy (non-hydrogen) atoms. The van der Waals surface area contributed by atoms with Crippen molar-refractivity contribution >= 4 is 67.3 Å². The maximum atomic E-state index is 13.8. The van der Waals surface area contributed by atoms with Crippen molar-refractivity contribution in [3.63, 3.8) is 0 Å². The standard InChI is InChI=1S/C26H20BrN3O2S/c1-15-4-9-18(10-5-15)28-26-30(19-11-6-16(2)7-12-19)25(32)23(33-26)22-20-14-17(27)8-13-21(20)29(3)24(22)31/h4-14H,1-3H3/b23-22-,28-26?. The molecular formula is C26H20BrN3O2S. The number of benzene rings is 3. The SMILES string of the molecule is Cc1ccc(N=C2S/C(=C3\C(=O)N(C)c4ccc(Br)cc43)C(=O)N2c2ccc(C)cc2)cc1. The molecule has 1 saturated heterocycles. The lowest BCUT2D eigenvalue weighted by Gasteiger charge is -2.16. The van der Waals surface area contributed by atoms with E-state index >= 15 is 0 Å². The maximum Gasteiger partial charge on any atom is 0.272 e. The van der Waals surface area contributed by atoms with E-state index in [2.05, 4.69) is 15.9 Å². The number of amidine groups is 1. The number of amides is 2. The third-order valence-corrected chi connectivity index (χ3v) is 7.20. The lowest BCUT2D eigenvalue weighted by atomic mass is 10.1. The number of halogens is 1. The molecule has 0 radical (unpaired) electrons. The molecule has 0 N–H and O–H groups in total. The van der Waals surface area contributed by atoms with Gasteiger partial charge in [0.15, 0.2) is 5.17 Å². The minimum atomic E-state index is -0.251. The average molecular weight is 518 g/mol. The third kappa shape index (κ3) is 3.81. The van der Waals surface area contributed by atoms with Crippen LogP contribution in [-0.2, 0) is 9.59 Å². The molecule has 164 valence electrons. The van der Waals surface area contributed by atoms with Gasteiger partial charge in [-0.05, 0) is 68.1 Å². The van der Waals surface area contributed by atoms with E-state index in [-0.39, 0.29) is 11.8 Å². The molecule has 0 unspecified atom stereocenters. The summed E-state index contributed by atoms with van der Waals surface area (Å²) in [5.41, 5.74) is 5.63. The molecule has 2 aliphatic rings. The second-order valence-corrected chi connectivity index (χ2v) is 9.93. The summed E-state index contributed by atoms with van der Waals surface area (Å²) in [6.07, 6.45) is 0. The number of carbonyl (C=O) groups excluding carboxylic acids is 2. The first kappa shape index (κ1) is 21.7. The number of fused-ring (bicyclic) bond motifs is 1. The van der Waals surface area contributed by atoms with E-state index in [1.165, 1.54) is 11.8 Å². The number of nitrogens with zero attached hydrogens (tertiary/aromatic N) is 3. The highest BCUT2D eigenvalue weighted by Crippen LogP contribution is 2.46. The summed E-state index contributed by atoms with van der Waals surface area (Å²) >= 11 is 4.74. The number of carbonyl (C=O) groups is 2. The number of hydrogen-bond acceptors (Lipinski definition) is 4. The van der Waals surface area contributed by atoms with Crippen LogP contribution < -0.4 is 9.80 Å². The van der Waals surface area contributed by atoms with Gasteiger partial charge in [-0.15, -0.1) is 0 Å². The molecular weight excluding hydrogens is 498 g/mol. The lowest BCUT2D eigenvalue weighted by Crippen LogP contribution is -2.29. The van der Waals surface area contributed by atoms with Crippen molar-refractivity contribution in [2.75, 3.05) is 16.8 Å². The van der Waals surface area contributed by atoms with E-state index in [0.29, 0.717) is 21.3 Å². The molecule has 7 heteroatoms. The van der Waals surface area contributed by atoms with Gasteiger partial charge >= 0.3 is 0 Å². The summed E-state index contributed by atoms with van der Waals surface area (Å²) in [7, 11) is 1.73. The Morgan fingerprint density at radius 1 is 0.848 bits per heavy atom. The maximum absolute atomic E-state index is 13.8. The fraction of sp³-hybridized carbons (Fsp3) is 0.115. The molecule has 2 amide bonds. The highest BCUT2D eigenvalue weighted by Gasteiger charge is 2.42. The predicted molar refractivity (Wildman–Crippen MR) is 139 cm³/mol. The van der Waals surface area contributed by atoms with Crippen LogP contribution in [0.5, 0.6) is 0 Å². The van der Waals surface area contributed by atoms with E-state index < -0.39 is 0 Å². The van der Waals surface area contributed by atoms with E-state index in [0.717, 1.165) is 32.5 Å². The molecule has 0 atom stereocenters. The zero-order chi connectivity index (χ0) is 23.3. The van der Waals surface area contributed by atoms with Crippen LogP contribution >= 0.6 is 27.7 Å². The molecule has 1 fully saturated rings. The Bertz CT molecular complexity index is 1360. The van der Waals surface area contributed by atoms with Gasteiger partial charge in [0, 0.05) is 17.1 Å². The summed E-state index contributed by atoms with van der Waals surface area (Å²) in [4.78, 5) is 35.3. The summed E-state index contributed by atoms with van der Waals surface area (Å²) in [6.45, 7) is 4.02. The van der Waals surface area contributed by atoms with Crippen LogP contribution in [0.4, 0.5) is 17.1 Å². The van der Waals surface area contributed by atoms with Crippen LogP contribution in [0.1, 0.15) is 16.7 Å². The van der Waals surface area contributed by atoms with Gasteiger partial charge in [-0.2, -0.15) is 0 Å². The first-order valence-electron chi connectivity index (χ1n) is 10.4. The van der Waals surface area contributed by atoms with Crippen molar-refractivity contribution < 1.29 is 9.59 Å². The van der Waals surface area contributed by atoms with Gasteiger partial charge < -0.3 is 4.90 Å². The lowest BCUT2D eigenvalue weighted by molar-refractivity contribution is -0.115. The van der Waals surface area contributed by atoms with Crippen LogP contribution in [0.25, 0.3) is 5.57 Å². The largest absolute Gasteiger partial charge is 0.311 e.